The fraction of sp³-hybridized carbons (Fsp3) is 0.278. The number of nitrogens with zero attached hydrogens (tertiary/aromatic N) is 1. The minimum Gasteiger partial charge on any atom is -0.321 e. The van der Waals surface area contributed by atoms with Gasteiger partial charge in [0.05, 0.1) is 6.04 Å². The van der Waals surface area contributed by atoms with Crippen molar-refractivity contribution in [2.75, 3.05) is 12.4 Å². The summed E-state index contributed by atoms with van der Waals surface area (Å²) < 4.78 is 1.01. The van der Waals surface area contributed by atoms with Gasteiger partial charge in [-0.15, -0.1) is 0 Å². The van der Waals surface area contributed by atoms with E-state index in [0.717, 1.165) is 28.6 Å². The molecule has 22 heavy (non-hydrogen) atoms. The highest BCUT2D eigenvalue weighted by atomic mass is 79.9. The summed E-state index contributed by atoms with van der Waals surface area (Å²) in [6.07, 6.45) is 2.03. The molecular formula is C18H19BrN2O. The Morgan fingerprint density at radius 2 is 2.05 bits per heavy atom. The summed E-state index contributed by atoms with van der Waals surface area (Å²) >= 11 is 3.44. The van der Waals surface area contributed by atoms with Gasteiger partial charge in [-0.25, -0.2) is 4.79 Å². The summed E-state index contributed by atoms with van der Waals surface area (Å²) in [5.74, 6) is 0. The minimum absolute atomic E-state index is 0.0628. The number of hydrogen-bond donors (Lipinski definition) is 1. The number of fused-ring (bicyclic) bond motifs is 1. The first-order chi connectivity index (χ1) is 10.6. The Bertz CT molecular complexity index is 714. The summed E-state index contributed by atoms with van der Waals surface area (Å²) in [6, 6.07) is 14.3. The maximum absolute atomic E-state index is 12.5. The lowest BCUT2D eigenvalue weighted by Gasteiger charge is -2.26. The average Bonchev–Trinajstić information content (AvgIpc) is 2.93. The second-order valence-electron chi connectivity index (χ2n) is 5.75. The van der Waals surface area contributed by atoms with Crippen molar-refractivity contribution in [3.63, 3.8) is 0 Å². The Kier molecular flexibility index (Phi) is 4.21. The molecule has 0 aliphatic heterocycles. The Morgan fingerprint density at radius 1 is 1.27 bits per heavy atom. The SMILES string of the molecule is Cc1cc(Br)ccc1NC(=O)N(C)C1CCc2ccccc21. The van der Waals surface area contributed by atoms with Crippen molar-refractivity contribution in [2.45, 2.75) is 25.8 Å². The summed E-state index contributed by atoms with van der Waals surface area (Å²) in [6.45, 7) is 1.99. The smallest absolute Gasteiger partial charge is 0.321 e. The molecule has 1 aliphatic rings. The molecule has 0 saturated heterocycles. The zero-order valence-corrected chi connectivity index (χ0v) is 14.4. The molecular weight excluding hydrogens is 340 g/mol. The topological polar surface area (TPSA) is 32.3 Å². The summed E-state index contributed by atoms with van der Waals surface area (Å²) in [5.41, 5.74) is 4.52. The molecule has 0 bridgehead atoms. The van der Waals surface area contributed by atoms with Crippen LogP contribution in [0.1, 0.15) is 29.2 Å². The van der Waals surface area contributed by atoms with E-state index in [1.807, 2.05) is 43.1 Å². The third kappa shape index (κ3) is 2.88. The predicted octanol–water partition coefficient (Wildman–Crippen LogP) is 4.91. The Labute approximate surface area is 139 Å². The largest absolute Gasteiger partial charge is 0.322 e. The predicted molar refractivity (Wildman–Crippen MR) is 93.2 cm³/mol. The van der Waals surface area contributed by atoms with Crippen LogP contribution in [0, 0.1) is 6.92 Å². The molecule has 1 N–H and O–H groups in total. The first kappa shape index (κ1) is 15.1. The lowest BCUT2D eigenvalue weighted by Crippen LogP contribution is -2.34. The average molecular weight is 359 g/mol. The Hall–Kier alpha value is -1.81. The van der Waals surface area contributed by atoms with Crippen molar-refractivity contribution >= 4 is 27.6 Å². The molecule has 4 heteroatoms. The molecule has 0 fully saturated rings. The van der Waals surface area contributed by atoms with Gasteiger partial charge >= 0.3 is 6.03 Å². The number of nitrogens with one attached hydrogen (secondary N) is 1. The van der Waals surface area contributed by atoms with Gasteiger partial charge < -0.3 is 10.2 Å². The van der Waals surface area contributed by atoms with E-state index in [9.17, 15) is 4.79 Å². The van der Waals surface area contributed by atoms with Gasteiger partial charge in [-0.1, -0.05) is 40.2 Å². The second kappa shape index (κ2) is 6.13. The number of halogens is 1. The van der Waals surface area contributed by atoms with Crippen LogP contribution in [0.5, 0.6) is 0 Å². The van der Waals surface area contributed by atoms with Gasteiger partial charge in [0, 0.05) is 17.2 Å². The standard InChI is InChI=1S/C18H19BrN2O/c1-12-11-14(19)8-9-16(12)20-18(22)21(2)17-10-7-13-5-3-4-6-15(13)17/h3-6,8-9,11,17H,7,10H2,1-2H3,(H,20,22). The molecule has 2 aromatic carbocycles. The van der Waals surface area contributed by atoms with Gasteiger partial charge in [-0.3, -0.25) is 0 Å². The molecule has 0 heterocycles. The van der Waals surface area contributed by atoms with E-state index in [1.165, 1.54) is 11.1 Å². The molecule has 0 spiro atoms. The molecule has 1 atom stereocenters. The van der Waals surface area contributed by atoms with Gasteiger partial charge in [-0.05, 0) is 54.7 Å². The number of rotatable bonds is 2. The molecule has 3 rings (SSSR count). The van der Waals surface area contributed by atoms with Crippen LogP contribution in [0.15, 0.2) is 46.9 Å². The Balaban J connectivity index is 1.76. The van der Waals surface area contributed by atoms with Crippen LogP contribution >= 0.6 is 15.9 Å². The summed E-state index contributed by atoms with van der Waals surface area (Å²) in [4.78, 5) is 14.4. The van der Waals surface area contributed by atoms with Crippen molar-refractivity contribution in [2.24, 2.45) is 0 Å². The molecule has 0 radical (unpaired) electrons. The van der Waals surface area contributed by atoms with Crippen molar-refractivity contribution in [3.8, 4) is 0 Å². The number of benzene rings is 2. The highest BCUT2D eigenvalue weighted by Crippen LogP contribution is 2.35. The molecule has 2 amide bonds. The van der Waals surface area contributed by atoms with Crippen molar-refractivity contribution < 1.29 is 4.79 Å². The van der Waals surface area contributed by atoms with Crippen LogP contribution in [0.25, 0.3) is 0 Å². The van der Waals surface area contributed by atoms with E-state index >= 15 is 0 Å². The molecule has 2 aromatic rings. The lowest BCUT2D eigenvalue weighted by atomic mass is 10.1. The Morgan fingerprint density at radius 3 is 2.82 bits per heavy atom. The van der Waals surface area contributed by atoms with E-state index in [1.54, 1.807) is 0 Å². The van der Waals surface area contributed by atoms with E-state index in [0.29, 0.717) is 0 Å². The molecule has 0 saturated carbocycles. The zero-order valence-electron chi connectivity index (χ0n) is 12.8. The van der Waals surface area contributed by atoms with E-state index in [2.05, 4.69) is 39.4 Å². The quantitative estimate of drug-likeness (QED) is 0.812. The molecule has 114 valence electrons. The molecule has 0 aromatic heterocycles. The van der Waals surface area contributed by atoms with Crippen LogP contribution in [0.2, 0.25) is 0 Å². The van der Waals surface area contributed by atoms with Crippen LogP contribution in [0.4, 0.5) is 10.5 Å². The monoisotopic (exact) mass is 358 g/mol. The number of urea groups is 1. The zero-order chi connectivity index (χ0) is 15.7. The van der Waals surface area contributed by atoms with Crippen molar-refractivity contribution in [1.82, 2.24) is 4.90 Å². The van der Waals surface area contributed by atoms with Crippen LogP contribution in [-0.4, -0.2) is 18.0 Å². The lowest BCUT2D eigenvalue weighted by molar-refractivity contribution is 0.204. The third-order valence-corrected chi connectivity index (χ3v) is 4.81. The van der Waals surface area contributed by atoms with Crippen molar-refractivity contribution in [1.29, 1.82) is 0 Å². The van der Waals surface area contributed by atoms with Gasteiger partial charge in [-0.2, -0.15) is 0 Å². The maximum Gasteiger partial charge on any atom is 0.322 e. The van der Waals surface area contributed by atoms with Crippen LogP contribution in [-0.2, 0) is 6.42 Å². The highest BCUT2D eigenvalue weighted by Gasteiger charge is 2.28. The van der Waals surface area contributed by atoms with Gasteiger partial charge in [0.2, 0.25) is 0 Å². The number of anilines is 1. The normalized spacial score (nSPS) is 16.2. The number of aryl methyl sites for hydroxylation is 2. The number of hydrogen-bond acceptors (Lipinski definition) is 1. The van der Waals surface area contributed by atoms with E-state index < -0.39 is 0 Å². The third-order valence-electron chi connectivity index (χ3n) is 4.32. The summed E-state index contributed by atoms with van der Waals surface area (Å²) in [5, 5.41) is 3.01. The molecule has 1 aliphatic carbocycles. The fourth-order valence-corrected chi connectivity index (χ4v) is 3.52. The highest BCUT2D eigenvalue weighted by molar-refractivity contribution is 9.10. The summed E-state index contributed by atoms with van der Waals surface area (Å²) in [7, 11) is 1.87. The van der Waals surface area contributed by atoms with Crippen molar-refractivity contribution in [3.05, 3.63) is 63.6 Å². The molecule has 3 nitrogen and oxygen atoms in total. The van der Waals surface area contributed by atoms with Gasteiger partial charge in [0.15, 0.2) is 0 Å². The first-order valence-electron chi connectivity index (χ1n) is 7.44. The maximum atomic E-state index is 12.5. The van der Waals surface area contributed by atoms with Crippen LogP contribution in [0.3, 0.4) is 0 Å². The number of carbonyl (C=O) groups excluding carboxylic acids is 1. The first-order valence-corrected chi connectivity index (χ1v) is 8.23. The van der Waals surface area contributed by atoms with Gasteiger partial charge in [0.25, 0.3) is 0 Å². The minimum atomic E-state index is -0.0628. The molecule has 1 unspecified atom stereocenters. The fourth-order valence-electron chi connectivity index (χ4n) is 3.05. The second-order valence-corrected chi connectivity index (χ2v) is 6.67. The number of amides is 2. The van der Waals surface area contributed by atoms with E-state index in [4.69, 9.17) is 0 Å². The van der Waals surface area contributed by atoms with Gasteiger partial charge in [0.1, 0.15) is 0 Å². The van der Waals surface area contributed by atoms with Crippen LogP contribution < -0.4 is 5.32 Å². The van der Waals surface area contributed by atoms with E-state index in [-0.39, 0.29) is 12.1 Å². The number of carbonyl (C=O) groups is 1.